The van der Waals surface area contributed by atoms with E-state index in [4.69, 9.17) is 0 Å². The van der Waals surface area contributed by atoms with Crippen molar-refractivity contribution in [3.63, 3.8) is 0 Å². The number of hydrogen-bond acceptors (Lipinski definition) is 4. The van der Waals surface area contributed by atoms with E-state index in [0.29, 0.717) is 30.9 Å². The first-order valence-corrected chi connectivity index (χ1v) is 13.2. The Balaban J connectivity index is 1.48. The summed E-state index contributed by atoms with van der Waals surface area (Å²) in [6.07, 6.45) is 0.484. The van der Waals surface area contributed by atoms with Gasteiger partial charge in [-0.3, -0.25) is 18.8 Å². The average Bonchev–Trinajstić information content (AvgIpc) is 2.94. The van der Waals surface area contributed by atoms with Crippen molar-refractivity contribution >= 4 is 5.69 Å². The van der Waals surface area contributed by atoms with Crippen LogP contribution in [0, 0.1) is 18.6 Å². The number of piperazine rings is 1. The van der Waals surface area contributed by atoms with Crippen LogP contribution in [0.2, 0.25) is 0 Å². The number of halogens is 2. The maximum Gasteiger partial charge on any atom is 0.331 e. The minimum absolute atomic E-state index is 0.169. The van der Waals surface area contributed by atoms with E-state index in [-0.39, 0.29) is 24.2 Å². The first-order valence-electron chi connectivity index (χ1n) is 13.2. The van der Waals surface area contributed by atoms with Crippen LogP contribution < -0.4 is 16.1 Å². The molecule has 0 N–H and O–H groups in total. The molecule has 1 saturated heterocycles. The van der Waals surface area contributed by atoms with Crippen molar-refractivity contribution in [2.45, 2.75) is 33.0 Å². The molecule has 8 heteroatoms. The molecular weight excluding hydrogens is 498 g/mol. The van der Waals surface area contributed by atoms with Gasteiger partial charge in [-0.2, -0.15) is 0 Å². The normalized spacial score (nSPS) is 14.1. The van der Waals surface area contributed by atoms with Crippen molar-refractivity contribution in [2.24, 2.45) is 0 Å². The third-order valence-electron chi connectivity index (χ3n) is 7.44. The Morgan fingerprint density at radius 2 is 1.28 bits per heavy atom. The molecule has 5 rings (SSSR count). The second-order valence-electron chi connectivity index (χ2n) is 9.94. The van der Waals surface area contributed by atoms with Crippen molar-refractivity contribution in [1.29, 1.82) is 0 Å². The molecule has 0 spiro atoms. The molecule has 4 aromatic rings. The molecule has 6 nitrogen and oxygen atoms in total. The summed E-state index contributed by atoms with van der Waals surface area (Å²) in [7, 11) is 0. The van der Waals surface area contributed by atoms with Crippen LogP contribution in [0.5, 0.6) is 0 Å². The number of anilines is 1. The van der Waals surface area contributed by atoms with Gasteiger partial charge in [-0.25, -0.2) is 13.6 Å². The van der Waals surface area contributed by atoms with Gasteiger partial charge in [-0.1, -0.05) is 66.7 Å². The lowest BCUT2D eigenvalue weighted by molar-refractivity contribution is 0.249. The molecule has 3 aromatic carbocycles. The van der Waals surface area contributed by atoms with Crippen molar-refractivity contribution in [2.75, 3.05) is 31.1 Å². The molecule has 0 bridgehead atoms. The van der Waals surface area contributed by atoms with Crippen LogP contribution in [0.3, 0.4) is 0 Å². The van der Waals surface area contributed by atoms with Crippen molar-refractivity contribution in [3.8, 4) is 0 Å². The zero-order chi connectivity index (χ0) is 27.4. The topological polar surface area (TPSA) is 50.5 Å². The highest BCUT2D eigenvalue weighted by Crippen LogP contribution is 2.20. The van der Waals surface area contributed by atoms with Gasteiger partial charge in [0.05, 0.1) is 6.54 Å². The van der Waals surface area contributed by atoms with Gasteiger partial charge in [0, 0.05) is 50.5 Å². The SMILES string of the molecule is Cc1c(N2CCN(Cc3ccccc3)CC2)c(=O)n(CCc2ccccc2)c(=O)n1Cc1c(F)cccc1F. The lowest BCUT2D eigenvalue weighted by atomic mass is 10.1. The number of rotatable bonds is 8. The fourth-order valence-corrected chi connectivity index (χ4v) is 5.23. The molecule has 0 atom stereocenters. The van der Waals surface area contributed by atoms with Crippen molar-refractivity contribution in [3.05, 3.63) is 134 Å². The van der Waals surface area contributed by atoms with Crippen LogP contribution in [0.4, 0.5) is 14.5 Å². The zero-order valence-corrected chi connectivity index (χ0v) is 22.0. The highest BCUT2D eigenvalue weighted by Gasteiger charge is 2.26. The van der Waals surface area contributed by atoms with Gasteiger partial charge in [-0.05, 0) is 36.6 Å². The number of benzene rings is 3. The fourth-order valence-electron chi connectivity index (χ4n) is 5.23. The quantitative estimate of drug-likeness (QED) is 0.343. The molecule has 1 aliphatic rings. The molecule has 1 aliphatic heterocycles. The van der Waals surface area contributed by atoms with E-state index in [0.717, 1.165) is 25.2 Å². The van der Waals surface area contributed by atoms with Gasteiger partial charge in [0.1, 0.15) is 17.3 Å². The number of hydrogen-bond donors (Lipinski definition) is 0. The number of nitrogens with zero attached hydrogens (tertiary/aromatic N) is 4. The molecule has 0 radical (unpaired) electrons. The second-order valence-corrected chi connectivity index (χ2v) is 9.94. The predicted octanol–water partition coefficient (Wildman–Crippen LogP) is 4.21. The maximum absolute atomic E-state index is 14.6. The Bertz CT molecular complexity index is 1520. The summed E-state index contributed by atoms with van der Waals surface area (Å²) < 4.78 is 31.7. The van der Waals surface area contributed by atoms with Crippen molar-refractivity contribution < 1.29 is 8.78 Å². The Morgan fingerprint density at radius 3 is 1.90 bits per heavy atom. The Labute approximate surface area is 226 Å². The molecule has 0 saturated carbocycles. The zero-order valence-electron chi connectivity index (χ0n) is 22.0. The van der Waals surface area contributed by atoms with Crippen LogP contribution in [-0.2, 0) is 26.1 Å². The lowest BCUT2D eigenvalue weighted by Gasteiger charge is -2.36. The fraction of sp³-hybridized carbons (Fsp3) is 0.290. The summed E-state index contributed by atoms with van der Waals surface area (Å²) in [5.41, 5.74) is 1.92. The van der Waals surface area contributed by atoms with Gasteiger partial charge in [0.25, 0.3) is 5.56 Å². The number of aryl methyl sites for hydroxylation is 1. The first-order chi connectivity index (χ1) is 18.9. The van der Waals surface area contributed by atoms with Crippen LogP contribution in [0.1, 0.15) is 22.4 Å². The molecule has 0 amide bonds. The van der Waals surface area contributed by atoms with E-state index in [9.17, 15) is 18.4 Å². The standard InChI is InChI=1S/C31H32F2N4O2/c1-23-29(35-19-17-34(18-20-35)21-25-11-6-3-7-12-25)30(38)36(16-15-24-9-4-2-5-10-24)31(39)37(23)22-26-27(32)13-8-14-28(26)33/h2-14H,15-22H2,1H3. The summed E-state index contributed by atoms with van der Waals surface area (Å²) >= 11 is 0. The Morgan fingerprint density at radius 1 is 0.692 bits per heavy atom. The molecule has 0 unspecified atom stereocenters. The largest absolute Gasteiger partial charge is 0.363 e. The number of aromatic nitrogens is 2. The first kappa shape index (κ1) is 26.6. The van der Waals surface area contributed by atoms with Crippen molar-refractivity contribution in [1.82, 2.24) is 14.0 Å². The minimum Gasteiger partial charge on any atom is -0.363 e. The summed E-state index contributed by atoms with van der Waals surface area (Å²) in [6, 6.07) is 23.5. The molecule has 202 valence electrons. The predicted molar refractivity (Wildman–Crippen MR) is 149 cm³/mol. The van der Waals surface area contributed by atoms with Crippen LogP contribution in [0.25, 0.3) is 0 Å². The third-order valence-corrected chi connectivity index (χ3v) is 7.44. The van der Waals surface area contributed by atoms with Gasteiger partial charge in [0.2, 0.25) is 0 Å². The van der Waals surface area contributed by atoms with Gasteiger partial charge in [-0.15, -0.1) is 0 Å². The van der Waals surface area contributed by atoms with E-state index in [1.165, 1.54) is 32.9 Å². The molecule has 2 heterocycles. The second kappa shape index (κ2) is 11.8. The monoisotopic (exact) mass is 530 g/mol. The summed E-state index contributed by atoms with van der Waals surface area (Å²) in [5, 5.41) is 0. The lowest BCUT2D eigenvalue weighted by Crippen LogP contribution is -2.51. The van der Waals surface area contributed by atoms with E-state index < -0.39 is 17.3 Å². The minimum atomic E-state index is -0.723. The average molecular weight is 531 g/mol. The Kier molecular flexibility index (Phi) is 8.02. The van der Waals surface area contributed by atoms with E-state index in [2.05, 4.69) is 17.0 Å². The third kappa shape index (κ3) is 5.86. The molecule has 1 fully saturated rings. The van der Waals surface area contributed by atoms with Gasteiger partial charge >= 0.3 is 5.69 Å². The van der Waals surface area contributed by atoms with E-state index in [1.807, 2.05) is 53.4 Å². The summed E-state index contributed by atoms with van der Waals surface area (Å²) in [6.45, 7) is 5.09. The van der Waals surface area contributed by atoms with Gasteiger partial charge in [0.15, 0.2) is 0 Å². The molecule has 0 aliphatic carbocycles. The summed E-state index contributed by atoms with van der Waals surface area (Å²) in [5.74, 6) is -1.45. The van der Waals surface area contributed by atoms with Crippen LogP contribution in [0.15, 0.2) is 88.5 Å². The van der Waals surface area contributed by atoms with E-state index in [1.54, 1.807) is 6.92 Å². The van der Waals surface area contributed by atoms with E-state index >= 15 is 0 Å². The highest BCUT2D eigenvalue weighted by molar-refractivity contribution is 5.49. The molecule has 39 heavy (non-hydrogen) atoms. The van der Waals surface area contributed by atoms with Crippen LogP contribution in [-0.4, -0.2) is 40.2 Å². The smallest absolute Gasteiger partial charge is 0.331 e. The van der Waals surface area contributed by atoms with Crippen LogP contribution >= 0.6 is 0 Å². The molecular formula is C31H32F2N4O2. The molecule has 1 aromatic heterocycles. The summed E-state index contributed by atoms with van der Waals surface area (Å²) in [4.78, 5) is 31.7. The highest BCUT2D eigenvalue weighted by atomic mass is 19.1. The maximum atomic E-state index is 14.6. The van der Waals surface area contributed by atoms with Gasteiger partial charge < -0.3 is 4.90 Å². The Hall–Kier alpha value is -4.04.